The number of methoxy groups -OCH3 is 1. The fraction of sp³-hybridized carbons (Fsp3) is 1.00. The molecule has 0 bridgehead atoms. The maximum Gasteiger partial charge on any atom is 0.0589 e. The normalized spacial score (nSPS) is 19.7. The van der Waals surface area contributed by atoms with Gasteiger partial charge >= 0.3 is 0 Å². The van der Waals surface area contributed by atoms with E-state index in [0.717, 1.165) is 19.7 Å². The lowest BCUT2D eigenvalue weighted by molar-refractivity contribution is 0.0843. The third-order valence-electron chi connectivity index (χ3n) is 4.41. The van der Waals surface area contributed by atoms with Crippen LogP contribution in [0.2, 0.25) is 0 Å². The molecule has 0 atom stereocenters. The van der Waals surface area contributed by atoms with E-state index in [-0.39, 0.29) is 5.54 Å². The second kappa shape index (κ2) is 8.13. The monoisotopic (exact) mass is 256 g/mol. The summed E-state index contributed by atoms with van der Waals surface area (Å²) in [5.41, 5.74) is 6.65. The summed E-state index contributed by atoms with van der Waals surface area (Å²) in [6.45, 7) is 7.42. The number of rotatable bonds is 8. The fourth-order valence-electron chi connectivity index (χ4n) is 3.22. The Labute approximate surface area is 113 Å². The van der Waals surface area contributed by atoms with Crippen molar-refractivity contribution in [3.05, 3.63) is 0 Å². The molecule has 0 spiro atoms. The maximum atomic E-state index is 6.60. The number of ether oxygens (including phenoxy) is 1. The van der Waals surface area contributed by atoms with Gasteiger partial charge in [0.05, 0.1) is 6.61 Å². The zero-order chi connectivity index (χ0) is 13.4. The smallest absolute Gasteiger partial charge is 0.0589 e. The van der Waals surface area contributed by atoms with Gasteiger partial charge in [0.2, 0.25) is 0 Å². The summed E-state index contributed by atoms with van der Waals surface area (Å²) in [5, 5.41) is 0. The Morgan fingerprint density at radius 1 is 1.17 bits per heavy atom. The van der Waals surface area contributed by atoms with Crippen molar-refractivity contribution in [2.75, 3.05) is 26.8 Å². The second-order valence-corrected chi connectivity index (χ2v) is 5.86. The molecule has 0 heterocycles. The zero-order valence-electron chi connectivity index (χ0n) is 12.6. The lowest BCUT2D eigenvalue weighted by Gasteiger charge is -2.41. The van der Waals surface area contributed by atoms with Gasteiger partial charge in [-0.25, -0.2) is 0 Å². The van der Waals surface area contributed by atoms with Gasteiger partial charge in [0.25, 0.3) is 0 Å². The molecule has 1 aliphatic rings. The molecule has 0 aromatic heterocycles. The van der Waals surface area contributed by atoms with E-state index in [1.807, 2.05) is 0 Å². The van der Waals surface area contributed by atoms with Crippen molar-refractivity contribution in [2.24, 2.45) is 5.73 Å². The first-order valence-corrected chi connectivity index (χ1v) is 7.67. The van der Waals surface area contributed by atoms with E-state index in [2.05, 4.69) is 18.7 Å². The van der Waals surface area contributed by atoms with Crippen LogP contribution >= 0.6 is 0 Å². The van der Waals surface area contributed by atoms with Gasteiger partial charge in [-0.3, -0.25) is 4.90 Å². The highest BCUT2D eigenvalue weighted by molar-refractivity contribution is 4.91. The van der Waals surface area contributed by atoms with Gasteiger partial charge in [-0.1, -0.05) is 33.1 Å². The molecule has 0 unspecified atom stereocenters. The van der Waals surface area contributed by atoms with Gasteiger partial charge in [-0.2, -0.15) is 0 Å². The molecule has 0 aliphatic heterocycles. The lowest BCUT2D eigenvalue weighted by Crippen LogP contribution is -2.54. The minimum absolute atomic E-state index is 0.0502. The van der Waals surface area contributed by atoms with E-state index in [9.17, 15) is 0 Å². The molecular formula is C15H32N2O. The van der Waals surface area contributed by atoms with Crippen LogP contribution in [0.5, 0.6) is 0 Å². The Kier molecular flexibility index (Phi) is 7.20. The summed E-state index contributed by atoms with van der Waals surface area (Å²) in [6, 6.07) is 0.655. The van der Waals surface area contributed by atoms with Crippen molar-refractivity contribution < 1.29 is 4.74 Å². The first-order valence-electron chi connectivity index (χ1n) is 7.67. The molecule has 1 aliphatic carbocycles. The van der Waals surface area contributed by atoms with E-state index >= 15 is 0 Å². The Balaban J connectivity index is 2.57. The van der Waals surface area contributed by atoms with Crippen LogP contribution in [0.4, 0.5) is 0 Å². The van der Waals surface area contributed by atoms with Crippen molar-refractivity contribution in [3.63, 3.8) is 0 Å². The lowest BCUT2D eigenvalue weighted by atomic mass is 9.82. The van der Waals surface area contributed by atoms with E-state index < -0.39 is 0 Å². The molecule has 0 aromatic carbocycles. The average molecular weight is 256 g/mol. The highest BCUT2D eigenvalue weighted by Crippen LogP contribution is 2.27. The molecular weight excluding hydrogens is 224 g/mol. The van der Waals surface area contributed by atoms with Crippen molar-refractivity contribution in [1.29, 1.82) is 0 Å². The van der Waals surface area contributed by atoms with Gasteiger partial charge < -0.3 is 10.5 Å². The van der Waals surface area contributed by atoms with Gasteiger partial charge in [-0.15, -0.1) is 0 Å². The van der Waals surface area contributed by atoms with Gasteiger partial charge in [0.15, 0.2) is 0 Å². The SMILES string of the molecule is CCC(CC)N(CCOC)CC1(N)CCCCC1. The fourth-order valence-corrected chi connectivity index (χ4v) is 3.22. The number of nitrogens with zero attached hydrogens (tertiary/aromatic N) is 1. The van der Waals surface area contributed by atoms with Crippen molar-refractivity contribution in [1.82, 2.24) is 4.90 Å². The number of hydrogen-bond donors (Lipinski definition) is 1. The van der Waals surface area contributed by atoms with Crippen LogP contribution in [0.25, 0.3) is 0 Å². The second-order valence-electron chi connectivity index (χ2n) is 5.86. The van der Waals surface area contributed by atoms with Crippen molar-refractivity contribution >= 4 is 0 Å². The van der Waals surface area contributed by atoms with E-state index in [1.165, 1.54) is 44.9 Å². The zero-order valence-corrected chi connectivity index (χ0v) is 12.6. The molecule has 3 heteroatoms. The maximum absolute atomic E-state index is 6.60. The highest BCUT2D eigenvalue weighted by Gasteiger charge is 2.31. The third-order valence-corrected chi connectivity index (χ3v) is 4.41. The summed E-state index contributed by atoms with van der Waals surface area (Å²) in [4.78, 5) is 2.56. The Hall–Kier alpha value is -0.120. The van der Waals surface area contributed by atoms with Crippen LogP contribution in [0, 0.1) is 0 Å². The molecule has 0 saturated heterocycles. The number of hydrogen-bond acceptors (Lipinski definition) is 3. The van der Waals surface area contributed by atoms with Crippen LogP contribution in [-0.4, -0.2) is 43.3 Å². The first-order chi connectivity index (χ1) is 8.65. The van der Waals surface area contributed by atoms with Crippen molar-refractivity contribution in [2.45, 2.75) is 70.4 Å². The summed E-state index contributed by atoms with van der Waals surface area (Å²) in [6.07, 6.45) is 8.76. The standard InChI is InChI=1S/C15H32N2O/c1-4-14(5-2)17(11-12-18-3)13-15(16)9-7-6-8-10-15/h14H,4-13,16H2,1-3H3. The quantitative estimate of drug-likeness (QED) is 0.726. The first kappa shape index (κ1) is 15.9. The summed E-state index contributed by atoms with van der Waals surface area (Å²) in [7, 11) is 1.78. The van der Waals surface area contributed by atoms with Gasteiger partial charge in [0.1, 0.15) is 0 Å². The van der Waals surface area contributed by atoms with Gasteiger partial charge in [0, 0.05) is 31.8 Å². The van der Waals surface area contributed by atoms with Gasteiger partial charge in [-0.05, 0) is 25.7 Å². The predicted molar refractivity (Wildman–Crippen MR) is 77.8 cm³/mol. The topological polar surface area (TPSA) is 38.5 Å². The van der Waals surface area contributed by atoms with E-state index in [1.54, 1.807) is 7.11 Å². The average Bonchev–Trinajstić information content (AvgIpc) is 2.37. The highest BCUT2D eigenvalue weighted by atomic mass is 16.5. The van der Waals surface area contributed by atoms with Crippen LogP contribution < -0.4 is 5.73 Å². The molecule has 1 rings (SSSR count). The molecule has 1 saturated carbocycles. The largest absolute Gasteiger partial charge is 0.383 e. The van der Waals surface area contributed by atoms with Crippen molar-refractivity contribution in [3.8, 4) is 0 Å². The summed E-state index contributed by atoms with van der Waals surface area (Å²) < 4.78 is 5.25. The van der Waals surface area contributed by atoms with Crippen LogP contribution in [0.1, 0.15) is 58.8 Å². The van der Waals surface area contributed by atoms with E-state index in [0.29, 0.717) is 6.04 Å². The van der Waals surface area contributed by atoms with E-state index in [4.69, 9.17) is 10.5 Å². The molecule has 108 valence electrons. The van der Waals surface area contributed by atoms with Crippen LogP contribution in [0.3, 0.4) is 0 Å². The Morgan fingerprint density at radius 2 is 1.78 bits per heavy atom. The molecule has 0 amide bonds. The predicted octanol–water partition coefficient (Wildman–Crippen LogP) is 2.79. The van der Waals surface area contributed by atoms with Crippen LogP contribution in [0.15, 0.2) is 0 Å². The summed E-state index contributed by atoms with van der Waals surface area (Å²) >= 11 is 0. The Morgan fingerprint density at radius 3 is 2.28 bits per heavy atom. The van der Waals surface area contributed by atoms with Crippen LogP contribution in [-0.2, 0) is 4.74 Å². The Bertz CT molecular complexity index is 211. The third kappa shape index (κ3) is 4.87. The minimum Gasteiger partial charge on any atom is -0.383 e. The molecule has 2 N–H and O–H groups in total. The summed E-state index contributed by atoms with van der Waals surface area (Å²) in [5.74, 6) is 0. The molecule has 0 radical (unpaired) electrons. The molecule has 18 heavy (non-hydrogen) atoms. The molecule has 0 aromatic rings. The molecule has 1 fully saturated rings. The molecule has 3 nitrogen and oxygen atoms in total. The minimum atomic E-state index is 0.0502. The number of nitrogens with two attached hydrogens (primary N) is 1.